The summed E-state index contributed by atoms with van der Waals surface area (Å²) in [6.07, 6.45) is 0. The van der Waals surface area contributed by atoms with E-state index in [-0.39, 0.29) is 6.61 Å². The molecule has 0 radical (unpaired) electrons. The molecular formula is C14H14N2O2. The highest BCUT2D eigenvalue weighted by atomic mass is 16.3. The zero-order chi connectivity index (χ0) is 12.7. The first-order valence-electron chi connectivity index (χ1n) is 5.82. The van der Waals surface area contributed by atoms with E-state index in [2.05, 4.69) is 4.98 Å². The number of hydrogen-bond acceptors (Lipinski definition) is 3. The van der Waals surface area contributed by atoms with Crippen molar-refractivity contribution in [1.82, 2.24) is 9.55 Å². The fourth-order valence-electron chi connectivity index (χ4n) is 2.15. The Balaban J connectivity index is 2.21. The highest BCUT2D eigenvalue weighted by Gasteiger charge is 2.14. The number of fused-ring (bicyclic) bond motifs is 1. The van der Waals surface area contributed by atoms with Gasteiger partial charge in [-0.1, -0.05) is 12.1 Å². The first kappa shape index (κ1) is 11.0. The van der Waals surface area contributed by atoms with Crippen LogP contribution in [-0.2, 0) is 13.7 Å². The van der Waals surface area contributed by atoms with E-state index in [1.165, 1.54) is 0 Å². The summed E-state index contributed by atoms with van der Waals surface area (Å²) < 4.78 is 7.65. The zero-order valence-electron chi connectivity index (χ0n) is 10.3. The van der Waals surface area contributed by atoms with E-state index in [1.54, 1.807) is 0 Å². The lowest BCUT2D eigenvalue weighted by Crippen LogP contribution is -1.90. The van der Waals surface area contributed by atoms with E-state index in [9.17, 15) is 5.11 Å². The molecule has 0 unspecified atom stereocenters. The van der Waals surface area contributed by atoms with Gasteiger partial charge in [0.1, 0.15) is 5.76 Å². The molecular weight excluding hydrogens is 228 g/mol. The first-order chi connectivity index (χ1) is 8.70. The molecule has 3 aromatic rings. The number of nitrogens with zero attached hydrogens (tertiary/aromatic N) is 2. The van der Waals surface area contributed by atoms with E-state index in [0.717, 1.165) is 28.2 Å². The van der Waals surface area contributed by atoms with Crippen LogP contribution in [0.4, 0.5) is 0 Å². The Bertz CT molecular complexity index is 710. The number of aryl methyl sites for hydroxylation is 2. The minimum absolute atomic E-state index is 0.0146. The predicted octanol–water partition coefficient (Wildman–Crippen LogP) is 2.63. The lowest BCUT2D eigenvalue weighted by Gasteiger charge is -1.98. The Hall–Kier alpha value is -2.07. The van der Waals surface area contributed by atoms with E-state index in [1.807, 2.05) is 48.9 Å². The van der Waals surface area contributed by atoms with Crippen LogP contribution in [0.3, 0.4) is 0 Å². The number of para-hydroxylation sites is 2. The first-order valence-corrected chi connectivity index (χ1v) is 5.82. The Morgan fingerprint density at radius 1 is 1.33 bits per heavy atom. The van der Waals surface area contributed by atoms with E-state index in [4.69, 9.17) is 4.42 Å². The van der Waals surface area contributed by atoms with Crippen molar-refractivity contribution in [2.45, 2.75) is 13.5 Å². The summed E-state index contributed by atoms with van der Waals surface area (Å²) in [5, 5.41) is 9.20. The molecule has 4 nitrogen and oxygen atoms in total. The molecule has 0 fully saturated rings. The van der Waals surface area contributed by atoms with Crippen molar-refractivity contribution in [2.75, 3.05) is 0 Å². The van der Waals surface area contributed by atoms with Gasteiger partial charge in [0.15, 0.2) is 11.6 Å². The van der Waals surface area contributed by atoms with E-state index >= 15 is 0 Å². The Labute approximate surface area is 104 Å². The van der Waals surface area contributed by atoms with Crippen molar-refractivity contribution in [3.05, 3.63) is 41.7 Å². The molecule has 0 amide bonds. The Morgan fingerprint density at radius 3 is 2.78 bits per heavy atom. The second kappa shape index (κ2) is 3.99. The number of aromatic nitrogens is 2. The number of aliphatic hydroxyl groups is 1. The van der Waals surface area contributed by atoms with Gasteiger partial charge >= 0.3 is 0 Å². The summed E-state index contributed by atoms with van der Waals surface area (Å²) >= 11 is 0. The van der Waals surface area contributed by atoms with Gasteiger partial charge in [-0.15, -0.1) is 0 Å². The standard InChI is InChI=1S/C14H14N2O2/c1-9-10(8-17)7-13(18-9)14-15-11-5-3-4-6-12(11)16(14)2/h3-7,17H,8H2,1-2H3. The van der Waals surface area contributed by atoms with Crippen LogP contribution in [0, 0.1) is 6.92 Å². The molecule has 4 heteroatoms. The van der Waals surface area contributed by atoms with Gasteiger partial charge in [-0.3, -0.25) is 0 Å². The van der Waals surface area contributed by atoms with Crippen LogP contribution in [0.5, 0.6) is 0 Å². The van der Waals surface area contributed by atoms with Crippen LogP contribution < -0.4 is 0 Å². The minimum Gasteiger partial charge on any atom is -0.458 e. The molecule has 0 aliphatic heterocycles. The SMILES string of the molecule is Cc1oc(-c2nc3ccccc3n2C)cc1CO. The van der Waals surface area contributed by atoms with Gasteiger partial charge in [0.05, 0.1) is 17.6 Å². The molecule has 1 aromatic carbocycles. The van der Waals surface area contributed by atoms with Gasteiger partial charge in [0.2, 0.25) is 0 Å². The van der Waals surface area contributed by atoms with Gasteiger partial charge in [-0.2, -0.15) is 0 Å². The molecule has 2 aromatic heterocycles. The average Bonchev–Trinajstić information content (AvgIpc) is 2.91. The van der Waals surface area contributed by atoms with Crippen molar-refractivity contribution in [1.29, 1.82) is 0 Å². The van der Waals surface area contributed by atoms with Crippen LogP contribution in [0.1, 0.15) is 11.3 Å². The third-order valence-corrected chi connectivity index (χ3v) is 3.20. The normalized spacial score (nSPS) is 11.3. The van der Waals surface area contributed by atoms with Crippen LogP contribution in [0.25, 0.3) is 22.6 Å². The number of rotatable bonds is 2. The van der Waals surface area contributed by atoms with Crippen LogP contribution in [0.2, 0.25) is 0 Å². The monoisotopic (exact) mass is 242 g/mol. The van der Waals surface area contributed by atoms with Gasteiger partial charge < -0.3 is 14.1 Å². The molecule has 3 rings (SSSR count). The van der Waals surface area contributed by atoms with Crippen molar-refractivity contribution < 1.29 is 9.52 Å². The van der Waals surface area contributed by atoms with Crippen LogP contribution >= 0.6 is 0 Å². The molecule has 0 atom stereocenters. The molecule has 0 bridgehead atoms. The van der Waals surface area contributed by atoms with Gasteiger partial charge in [-0.05, 0) is 25.1 Å². The molecule has 2 heterocycles. The van der Waals surface area contributed by atoms with Crippen molar-refractivity contribution in [2.24, 2.45) is 7.05 Å². The summed E-state index contributed by atoms with van der Waals surface area (Å²) in [7, 11) is 1.96. The molecule has 18 heavy (non-hydrogen) atoms. The van der Waals surface area contributed by atoms with Crippen molar-refractivity contribution in [3.8, 4) is 11.6 Å². The maximum atomic E-state index is 9.20. The average molecular weight is 242 g/mol. The molecule has 0 spiro atoms. The summed E-state index contributed by atoms with van der Waals surface area (Å²) in [4.78, 5) is 4.56. The highest BCUT2D eigenvalue weighted by molar-refractivity contribution is 5.79. The topological polar surface area (TPSA) is 51.2 Å². The summed E-state index contributed by atoms with van der Waals surface area (Å²) in [5.74, 6) is 2.20. The molecule has 0 aliphatic rings. The Morgan fingerprint density at radius 2 is 2.11 bits per heavy atom. The fraction of sp³-hybridized carbons (Fsp3) is 0.214. The maximum absolute atomic E-state index is 9.20. The van der Waals surface area contributed by atoms with E-state index < -0.39 is 0 Å². The second-order valence-corrected chi connectivity index (χ2v) is 4.33. The van der Waals surface area contributed by atoms with Crippen molar-refractivity contribution >= 4 is 11.0 Å². The number of aliphatic hydroxyl groups excluding tert-OH is 1. The van der Waals surface area contributed by atoms with Crippen LogP contribution in [-0.4, -0.2) is 14.7 Å². The molecule has 0 saturated heterocycles. The number of hydrogen-bond donors (Lipinski definition) is 1. The maximum Gasteiger partial charge on any atom is 0.177 e. The van der Waals surface area contributed by atoms with E-state index in [0.29, 0.717) is 5.76 Å². The third kappa shape index (κ3) is 1.54. The van der Waals surface area contributed by atoms with Gasteiger partial charge in [0.25, 0.3) is 0 Å². The van der Waals surface area contributed by atoms with Gasteiger partial charge in [-0.25, -0.2) is 4.98 Å². The van der Waals surface area contributed by atoms with Gasteiger partial charge in [0, 0.05) is 12.6 Å². The molecule has 92 valence electrons. The smallest absolute Gasteiger partial charge is 0.177 e. The predicted molar refractivity (Wildman–Crippen MR) is 69.1 cm³/mol. The largest absolute Gasteiger partial charge is 0.458 e. The lowest BCUT2D eigenvalue weighted by atomic mass is 10.2. The zero-order valence-corrected chi connectivity index (χ0v) is 10.3. The Kier molecular flexibility index (Phi) is 2.45. The highest BCUT2D eigenvalue weighted by Crippen LogP contribution is 2.27. The summed E-state index contributed by atoms with van der Waals surface area (Å²) in [6.45, 7) is 1.83. The number of imidazole rings is 1. The molecule has 0 saturated carbocycles. The molecule has 0 aliphatic carbocycles. The van der Waals surface area contributed by atoms with Crippen LogP contribution in [0.15, 0.2) is 34.7 Å². The third-order valence-electron chi connectivity index (χ3n) is 3.20. The minimum atomic E-state index is -0.0146. The fourth-order valence-corrected chi connectivity index (χ4v) is 2.15. The lowest BCUT2D eigenvalue weighted by molar-refractivity contribution is 0.279. The quantitative estimate of drug-likeness (QED) is 0.751. The van der Waals surface area contributed by atoms with Crippen molar-refractivity contribution in [3.63, 3.8) is 0 Å². The number of benzene rings is 1. The molecule has 1 N–H and O–H groups in total. The second-order valence-electron chi connectivity index (χ2n) is 4.33. The number of furan rings is 1. The summed E-state index contributed by atoms with van der Waals surface area (Å²) in [5.41, 5.74) is 2.80. The summed E-state index contributed by atoms with van der Waals surface area (Å²) in [6, 6.07) is 9.79.